The predicted molar refractivity (Wildman–Crippen MR) is 58.9 cm³/mol. The van der Waals surface area contributed by atoms with Gasteiger partial charge in [0.1, 0.15) is 12.1 Å². The molecule has 0 N–H and O–H groups in total. The monoisotopic (exact) mass is 200 g/mol. The summed E-state index contributed by atoms with van der Waals surface area (Å²) in [5, 5.41) is 18.9. The van der Waals surface area contributed by atoms with E-state index in [2.05, 4.69) is 31.8 Å². The Morgan fingerprint density at radius 2 is 1.71 bits per heavy atom. The van der Waals surface area contributed by atoms with Crippen LogP contribution in [0.1, 0.15) is 11.1 Å². The average Bonchev–Trinajstić information content (AvgIpc) is 2.15. The van der Waals surface area contributed by atoms with Crippen LogP contribution in [0.25, 0.3) is 0 Å². The van der Waals surface area contributed by atoms with E-state index in [0.29, 0.717) is 11.1 Å². The first kappa shape index (κ1) is 10.5. The second kappa shape index (κ2) is 3.65. The molecule has 1 aromatic carbocycles. The molecule has 0 spiro atoms. The van der Waals surface area contributed by atoms with E-state index in [9.17, 15) is 0 Å². The van der Waals surface area contributed by atoms with Crippen LogP contribution in [0.4, 0.5) is 0 Å². The van der Waals surface area contributed by atoms with E-state index in [-0.39, 0.29) is 0 Å². The summed E-state index contributed by atoms with van der Waals surface area (Å²) in [4.78, 5) is 0. The highest BCUT2D eigenvalue weighted by molar-refractivity contribution is 6.89. The third-order valence-corrected chi connectivity index (χ3v) is 4.14. The number of hydrogen-bond acceptors (Lipinski definition) is 2. The Morgan fingerprint density at radius 3 is 2.14 bits per heavy atom. The highest BCUT2D eigenvalue weighted by atomic mass is 28.3. The van der Waals surface area contributed by atoms with Crippen molar-refractivity contribution in [3.8, 4) is 12.1 Å². The summed E-state index contributed by atoms with van der Waals surface area (Å²) in [6.45, 7) is 6.51. The Labute approximate surface area is 85.4 Å². The lowest BCUT2D eigenvalue weighted by Crippen LogP contribution is -2.39. The molecule has 0 aliphatic rings. The molecule has 0 fully saturated rings. The molecule has 14 heavy (non-hydrogen) atoms. The normalized spacial score (nSPS) is 10.4. The van der Waals surface area contributed by atoms with Crippen molar-refractivity contribution in [2.75, 3.05) is 0 Å². The summed E-state index contributed by atoms with van der Waals surface area (Å²) in [5.41, 5.74) is 1.06. The van der Waals surface area contributed by atoms with E-state index >= 15 is 0 Å². The van der Waals surface area contributed by atoms with Crippen molar-refractivity contribution in [3.63, 3.8) is 0 Å². The van der Waals surface area contributed by atoms with Crippen molar-refractivity contribution in [2.24, 2.45) is 0 Å². The quantitative estimate of drug-likeness (QED) is 0.651. The first-order valence-corrected chi connectivity index (χ1v) is 7.94. The fourth-order valence-electron chi connectivity index (χ4n) is 1.39. The van der Waals surface area contributed by atoms with Gasteiger partial charge in [0.05, 0.1) is 19.2 Å². The van der Waals surface area contributed by atoms with Crippen LogP contribution in [0, 0.1) is 22.7 Å². The molecule has 1 aromatic rings. The summed E-state index contributed by atoms with van der Waals surface area (Å²) in [6, 6.07) is 9.71. The van der Waals surface area contributed by atoms with Gasteiger partial charge < -0.3 is 0 Å². The van der Waals surface area contributed by atoms with Crippen molar-refractivity contribution in [1.82, 2.24) is 0 Å². The largest absolute Gasteiger partial charge is 0.192 e. The maximum Gasteiger partial charge on any atom is 0.101 e. The van der Waals surface area contributed by atoms with Crippen molar-refractivity contribution in [1.29, 1.82) is 10.5 Å². The van der Waals surface area contributed by atoms with E-state index in [4.69, 9.17) is 10.5 Å². The molecule has 70 valence electrons. The fraction of sp³-hybridized carbons (Fsp3) is 0.273. The van der Waals surface area contributed by atoms with E-state index in [0.717, 1.165) is 5.19 Å². The minimum absolute atomic E-state index is 0.493. The van der Waals surface area contributed by atoms with Gasteiger partial charge in [-0.1, -0.05) is 31.8 Å². The third-order valence-electron chi connectivity index (χ3n) is 2.10. The van der Waals surface area contributed by atoms with Crippen LogP contribution in [-0.4, -0.2) is 8.07 Å². The van der Waals surface area contributed by atoms with Crippen LogP contribution in [0.3, 0.4) is 0 Å². The molecular formula is C11H12N2Si. The lowest BCUT2D eigenvalue weighted by molar-refractivity contribution is 1.44. The van der Waals surface area contributed by atoms with Gasteiger partial charge in [-0.25, -0.2) is 0 Å². The van der Waals surface area contributed by atoms with Gasteiger partial charge in [0, 0.05) is 0 Å². The van der Waals surface area contributed by atoms with Crippen LogP contribution in [0.5, 0.6) is 0 Å². The lowest BCUT2D eigenvalue weighted by Gasteiger charge is -2.18. The molecule has 0 aliphatic heterocycles. The van der Waals surface area contributed by atoms with Gasteiger partial charge in [0.2, 0.25) is 0 Å². The van der Waals surface area contributed by atoms with Gasteiger partial charge in [-0.2, -0.15) is 10.5 Å². The van der Waals surface area contributed by atoms with Gasteiger partial charge in [-0.3, -0.25) is 0 Å². The molecule has 3 heteroatoms. The number of nitriles is 2. The first-order valence-electron chi connectivity index (χ1n) is 4.44. The maximum absolute atomic E-state index is 9.01. The second-order valence-corrected chi connectivity index (χ2v) is 9.24. The number of nitrogens with zero attached hydrogens (tertiary/aromatic N) is 2. The Bertz CT molecular complexity index is 430. The maximum atomic E-state index is 9.01. The van der Waals surface area contributed by atoms with Crippen molar-refractivity contribution in [3.05, 3.63) is 29.3 Å². The molecule has 0 saturated carbocycles. The zero-order valence-electron chi connectivity index (χ0n) is 8.63. The predicted octanol–water partition coefficient (Wildman–Crippen LogP) is 1.98. The summed E-state index contributed by atoms with van der Waals surface area (Å²) >= 11 is 0. The highest BCUT2D eigenvalue weighted by Gasteiger charge is 2.21. The van der Waals surface area contributed by atoms with Crippen LogP contribution in [0.15, 0.2) is 18.2 Å². The van der Waals surface area contributed by atoms with Crippen LogP contribution < -0.4 is 5.19 Å². The minimum Gasteiger partial charge on any atom is -0.192 e. The molecule has 0 radical (unpaired) electrons. The van der Waals surface area contributed by atoms with Gasteiger partial charge >= 0.3 is 0 Å². The third kappa shape index (κ3) is 1.84. The van der Waals surface area contributed by atoms with Gasteiger partial charge in [0.15, 0.2) is 0 Å². The van der Waals surface area contributed by atoms with Gasteiger partial charge in [-0.15, -0.1) is 0 Å². The fourth-order valence-corrected chi connectivity index (χ4v) is 2.93. The van der Waals surface area contributed by atoms with Crippen LogP contribution in [0.2, 0.25) is 19.6 Å². The average molecular weight is 200 g/mol. The molecule has 0 atom stereocenters. The van der Waals surface area contributed by atoms with Crippen molar-refractivity contribution < 1.29 is 0 Å². The summed E-state index contributed by atoms with van der Waals surface area (Å²) in [5.74, 6) is 0. The topological polar surface area (TPSA) is 47.6 Å². The highest BCUT2D eigenvalue weighted by Crippen LogP contribution is 2.10. The zero-order valence-corrected chi connectivity index (χ0v) is 9.63. The zero-order chi connectivity index (χ0) is 10.8. The smallest absolute Gasteiger partial charge is 0.101 e. The Hall–Kier alpha value is -1.58. The van der Waals surface area contributed by atoms with Crippen molar-refractivity contribution in [2.45, 2.75) is 19.6 Å². The molecular weight excluding hydrogens is 188 g/mol. The van der Waals surface area contributed by atoms with Crippen molar-refractivity contribution >= 4 is 13.3 Å². The molecule has 0 unspecified atom stereocenters. The van der Waals surface area contributed by atoms with Crippen LogP contribution in [-0.2, 0) is 0 Å². The van der Waals surface area contributed by atoms with Crippen LogP contribution >= 0.6 is 0 Å². The molecule has 2 nitrogen and oxygen atoms in total. The van der Waals surface area contributed by atoms with Gasteiger partial charge in [-0.05, 0) is 11.3 Å². The second-order valence-electron chi connectivity index (χ2n) is 4.20. The lowest BCUT2D eigenvalue weighted by atomic mass is 10.1. The molecule has 0 amide bonds. The number of rotatable bonds is 1. The van der Waals surface area contributed by atoms with E-state index in [1.165, 1.54) is 0 Å². The summed E-state index contributed by atoms with van der Waals surface area (Å²) < 4.78 is 0. The molecule has 0 saturated heterocycles. The standard InChI is InChI=1S/C11H12N2Si/c1-14(2,3)11-6-4-5-9(7-12)10(11)8-13/h4-6H,1-3H3. The Morgan fingerprint density at radius 1 is 1.07 bits per heavy atom. The van der Waals surface area contributed by atoms with Gasteiger partial charge in [0.25, 0.3) is 0 Å². The minimum atomic E-state index is -1.52. The Balaban J connectivity index is 3.49. The first-order chi connectivity index (χ1) is 6.50. The Kier molecular flexibility index (Phi) is 2.74. The summed E-state index contributed by atoms with van der Waals surface area (Å²) in [6.07, 6.45) is 0. The number of hydrogen-bond donors (Lipinski definition) is 0. The molecule has 0 heterocycles. The molecule has 0 bridgehead atoms. The SMILES string of the molecule is C[Si](C)(C)c1cccc(C#N)c1C#N. The van der Waals surface area contributed by atoms with E-state index < -0.39 is 8.07 Å². The van der Waals surface area contributed by atoms with E-state index in [1.807, 2.05) is 12.1 Å². The summed E-state index contributed by atoms with van der Waals surface area (Å²) in [7, 11) is -1.52. The molecule has 0 aliphatic carbocycles. The number of benzene rings is 1. The molecule has 0 aromatic heterocycles. The molecule has 1 rings (SSSR count). The van der Waals surface area contributed by atoms with E-state index in [1.54, 1.807) is 6.07 Å².